The summed E-state index contributed by atoms with van der Waals surface area (Å²) in [6.45, 7) is 6.18. The van der Waals surface area contributed by atoms with Crippen molar-refractivity contribution in [3.63, 3.8) is 0 Å². The van der Waals surface area contributed by atoms with Crippen molar-refractivity contribution < 1.29 is 49.5 Å². The molecule has 0 rings (SSSR count). The molecule has 0 aromatic heterocycles. The van der Waals surface area contributed by atoms with Crippen molar-refractivity contribution in [3.8, 4) is 0 Å². The maximum absolute atomic E-state index is 13.3. The number of halogens is 6. The number of alkyl halides is 5. The summed E-state index contributed by atoms with van der Waals surface area (Å²) in [5.41, 5.74) is 0. The monoisotopic (exact) mass is 403 g/mol. The highest BCUT2D eigenvalue weighted by Crippen LogP contribution is 2.35. The van der Waals surface area contributed by atoms with Gasteiger partial charge < -0.3 is 18.6 Å². The summed E-state index contributed by atoms with van der Waals surface area (Å²) in [7, 11) is -3.55. The Morgan fingerprint density at radius 2 is 1.32 bits per heavy atom. The van der Waals surface area contributed by atoms with Crippen LogP contribution >= 0.6 is 0 Å². The molecule has 0 saturated heterocycles. The molecular weight excluding hydrogens is 380 g/mol. The van der Waals surface area contributed by atoms with Gasteiger partial charge in [-0.25, -0.2) is 0 Å². The van der Waals surface area contributed by atoms with E-state index in [1.54, 1.807) is 26.1 Å². The van der Waals surface area contributed by atoms with E-state index in [1.807, 2.05) is 0 Å². The lowest BCUT2D eigenvalue weighted by Crippen LogP contribution is -2.60. The van der Waals surface area contributed by atoms with E-state index in [1.165, 1.54) is 6.92 Å². The Kier molecular flexibility index (Phi) is 13.1. The van der Waals surface area contributed by atoms with Gasteiger partial charge in [-0.1, -0.05) is 0 Å². The molecule has 6 nitrogen and oxygen atoms in total. The largest absolute Gasteiger partial charge is 0.521 e. The number of carbonyl (C=O) groups is 1. The molecule has 1 N–H and O–H groups in total. The van der Waals surface area contributed by atoms with Gasteiger partial charge in [-0.05, 0) is 32.2 Å². The van der Waals surface area contributed by atoms with Gasteiger partial charge in [-0.3, -0.25) is 9.18 Å². The van der Waals surface area contributed by atoms with Gasteiger partial charge in [0, 0.05) is 19.8 Å². The number of rotatable bonds is 10. The molecule has 0 spiro atoms. The van der Waals surface area contributed by atoms with Crippen LogP contribution in [0.3, 0.4) is 0 Å². The lowest BCUT2D eigenvalue weighted by molar-refractivity contribution is -0.381. The maximum atomic E-state index is 13.3. The third-order valence-electron chi connectivity index (χ3n) is 2.32. The van der Waals surface area contributed by atoms with E-state index < -0.39 is 32.9 Å². The molecule has 1 amide bonds. The molecule has 0 saturated carbocycles. The van der Waals surface area contributed by atoms with E-state index in [0.29, 0.717) is 0 Å². The van der Waals surface area contributed by atoms with Crippen LogP contribution in [0.15, 0.2) is 0 Å². The molecule has 0 aliphatic heterocycles. The van der Waals surface area contributed by atoms with Crippen LogP contribution in [0.5, 0.6) is 0 Å². The molecule has 0 fully saturated rings. The average Bonchev–Trinajstić information content (AvgIpc) is 2.52. The molecule has 25 heavy (non-hydrogen) atoms. The minimum absolute atomic E-state index is 0.0851. The number of hydrogen-bond donors (Lipinski definition) is 1. The Morgan fingerprint density at radius 3 is 1.56 bits per heavy atom. The SMILES string of the molecule is CCF.CCO[Si](CNC(=O)C(F)(OF)C(F)(F)F)(OCC)OCC. The van der Waals surface area contributed by atoms with Crippen LogP contribution in [0.4, 0.5) is 26.5 Å². The zero-order valence-electron chi connectivity index (χ0n) is 14.3. The minimum Gasteiger partial charge on any atom is -0.373 e. The molecule has 0 aliphatic carbocycles. The quantitative estimate of drug-likeness (QED) is 0.449. The summed E-state index contributed by atoms with van der Waals surface area (Å²) in [5.74, 6) is -7.48. The van der Waals surface area contributed by atoms with E-state index in [2.05, 4.69) is 4.94 Å². The molecule has 0 aromatic carbocycles. The summed E-state index contributed by atoms with van der Waals surface area (Å²) in [4.78, 5) is 13.5. The van der Waals surface area contributed by atoms with E-state index in [0.717, 1.165) is 0 Å². The molecule has 13 heteroatoms. The van der Waals surface area contributed by atoms with Gasteiger partial charge in [-0.2, -0.15) is 17.6 Å². The molecular formula is C12H23F6NO5Si. The van der Waals surface area contributed by atoms with E-state index in [4.69, 9.17) is 13.3 Å². The van der Waals surface area contributed by atoms with Gasteiger partial charge in [0.1, 0.15) is 0 Å². The molecule has 0 heterocycles. The van der Waals surface area contributed by atoms with Gasteiger partial charge >= 0.3 is 20.8 Å². The van der Waals surface area contributed by atoms with Crippen molar-refractivity contribution in [2.45, 2.75) is 39.7 Å². The fourth-order valence-corrected chi connectivity index (χ4v) is 3.70. The zero-order chi connectivity index (χ0) is 20.1. The van der Waals surface area contributed by atoms with Gasteiger partial charge in [0.15, 0.2) is 0 Å². The first-order valence-electron chi connectivity index (χ1n) is 7.35. The van der Waals surface area contributed by atoms with E-state index >= 15 is 0 Å². The molecule has 0 aliphatic rings. The first-order chi connectivity index (χ1) is 11.5. The molecule has 152 valence electrons. The van der Waals surface area contributed by atoms with Crippen LogP contribution in [0.25, 0.3) is 0 Å². The normalized spacial score (nSPS) is 14.3. The number of hydrogen-bond acceptors (Lipinski definition) is 5. The standard InChI is InChI=1S/C10H18F5NO5Si.C2H5F/c1-4-18-22(19-5-2,20-6-3)7-16-8(17)9(11,21-15)10(12,13)14;1-2-3/h4-7H2,1-3H3,(H,16,17);2H2,1H3. The fourth-order valence-electron chi connectivity index (χ4n) is 1.45. The highest BCUT2D eigenvalue weighted by Gasteiger charge is 2.65. The van der Waals surface area contributed by atoms with Crippen molar-refractivity contribution in [1.82, 2.24) is 5.32 Å². The molecule has 1 atom stereocenters. The Morgan fingerprint density at radius 1 is 0.960 bits per heavy atom. The topological polar surface area (TPSA) is 66.0 Å². The van der Waals surface area contributed by atoms with E-state index in [-0.39, 0.29) is 26.5 Å². The molecule has 0 aromatic rings. The lowest BCUT2D eigenvalue weighted by atomic mass is 10.3. The molecule has 0 bridgehead atoms. The minimum atomic E-state index is -5.89. The van der Waals surface area contributed by atoms with Crippen molar-refractivity contribution in [2.75, 3.05) is 32.7 Å². The van der Waals surface area contributed by atoms with Crippen LogP contribution in [-0.2, 0) is 23.0 Å². The predicted octanol–water partition coefficient (Wildman–Crippen LogP) is 2.80. The summed E-state index contributed by atoms with van der Waals surface area (Å²) in [5, 5.41) is 1.56. The molecule has 0 radical (unpaired) electrons. The van der Waals surface area contributed by atoms with Crippen LogP contribution in [0, 0.1) is 0 Å². The highest BCUT2D eigenvalue weighted by molar-refractivity contribution is 6.61. The summed E-state index contributed by atoms with van der Waals surface area (Å²) < 4.78 is 88.2. The van der Waals surface area contributed by atoms with Crippen molar-refractivity contribution in [1.29, 1.82) is 0 Å². The maximum Gasteiger partial charge on any atom is 0.521 e. The number of carbonyl (C=O) groups excluding carboxylic acids is 1. The number of amides is 1. The summed E-state index contributed by atoms with van der Waals surface area (Å²) in [6.07, 6.45) is -6.56. The van der Waals surface area contributed by atoms with Gasteiger partial charge in [-0.15, -0.1) is 4.94 Å². The van der Waals surface area contributed by atoms with Crippen LogP contribution in [0.1, 0.15) is 27.7 Å². The first-order valence-corrected chi connectivity index (χ1v) is 9.28. The summed E-state index contributed by atoms with van der Waals surface area (Å²) in [6, 6.07) is 0. The van der Waals surface area contributed by atoms with Gasteiger partial charge in [0.2, 0.25) is 0 Å². The van der Waals surface area contributed by atoms with Crippen molar-refractivity contribution in [2.24, 2.45) is 0 Å². The average molecular weight is 403 g/mol. The third-order valence-corrected chi connectivity index (χ3v) is 5.12. The van der Waals surface area contributed by atoms with E-state index in [9.17, 15) is 31.3 Å². The fraction of sp³-hybridized carbons (Fsp3) is 0.917. The Labute approximate surface area is 143 Å². The Bertz CT molecular complexity index is 359. The second-order valence-electron chi connectivity index (χ2n) is 4.10. The first kappa shape index (κ1) is 26.3. The highest BCUT2D eigenvalue weighted by atomic mass is 28.4. The van der Waals surface area contributed by atoms with Crippen LogP contribution in [-0.4, -0.2) is 59.4 Å². The predicted molar refractivity (Wildman–Crippen MR) is 77.4 cm³/mol. The van der Waals surface area contributed by atoms with Gasteiger partial charge in [0.25, 0.3) is 5.91 Å². The van der Waals surface area contributed by atoms with Crippen molar-refractivity contribution >= 4 is 14.7 Å². The van der Waals surface area contributed by atoms with Gasteiger partial charge in [0.05, 0.1) is 12.8 Å². The Hall–Kier alpha value is -0.893. The molecule has 1 unspecified atom stereocenters. The van der Waals surface area contributed by atoms with Crippen molar-refractivity contribution in [3.05, 3.63) is 0 Å². The van der Waals surface area contributed by atoms with Crippen LogP contribution < -0.4 is 5.32 Å². The second-order valence-corrected chi connectivity index (χ2v) is 6.69. The Balaban J connectivity index is 0. The van der Waals surface area contributed by atoms with Crippen LogP contribution in [0.2, 0.25) is 0 Å². The summed E-state index contributed by atoms with van der Waals surface area (Å²) >= 11 is 0. The zero-order valence-corrected chi connectivity index (χ0v) is 15.3. The number of nitrogens with one attached hydrogen (secondary N) is 1. The smallest absolute Gasteiger partial charge is 0.373 e. The third kappa shape index (κ3) is 8.35. The lowest BCUT2D eigenvalue weighted by Gasteiger charge is -2.29. The second kappa shape index (κ2) is 12.5.